The van der Waals surface area contributed by atoms with E-state index in [1.54, 1.807) is 0 Å². The Morgan fingerprint density at radius 1 is 0.440 bits per heavy atom. The Hall–Kier alpha value is -6.59. The molecule has 10 rings (SSSR count). The van der Waals surface area contributed by atoms with Crippen LogP contribution in [0.3, 0.4) is 0 Å². The van der Waals surface area contributed by atoms with Gasteiger partial charge in [0.1, 0.15) is 0 Å². The van der Waals surface area contributed by atoms with E-state index in [2.05, 4.69) is 155 Å². The summed E-state index contributed by atoms with van der Waals surface area (Å²) >= 11 is 0. The van der Waals surface area contributed by atoms with Crippen LogP contribution < -0.4 is 0 Å². The lowest BCUT2D eigenvalue weighted by atomic mass is 10.0. The van der Waals surface area contributed by atoms with E-state index in [4.69, 9.17) is 15.0 Å². The molecule has 5 nitrogen and oxygen atoms in total. The average Bonchev–Trinajstić information content (AvgIpc) is 3.70. The maximum absolute atomic E-state index is 5.20. The van der Waals surface area contributed by atoms with Crippen LogP contribution in [0.1, 0.15) is 18.7 Å². The van der Waals surface area contributed by atoms with Crippen LogP contribution in [0.2, 0.25) is 0 Å². The van der Waals surface area contributed by atoms with Crippen LogP contribution in [0, 0.1) is 0 Å². The van der Waals surface area contributed by atoms with Gasteiger partial charge in [0.25, 0.3) is 0 Å². The van der Waals surface area contributed by atoms with Crippen molar-refractivity contribution >= 4 is 49.2 Å². The second-order valence-electron chi connectivity index (χ2n) is 12.8. The Morgan fingerprint density at radius 2 is 1.02 bits per heavy atom. The van der Waals surface area contributed by atoms with E-state index in [9.17, 15) is 0 Å². The number of allylic oxidation sites excluding steroid dienone is 4. The molecule has 0 saturated carbocycles. The standard InChI is InChI=1S/C45H31N5/c1-4-14-30(15-5-1)31-24-26-34(27-25-31)49-39-22-12-10-20-35(39)37-28-38-36-21-11-13-23-40(36)50(42(38)29-41(37)49)45-47-43(32-16-6-2-7-17-32)46-44(48-45)33-18-8-3-9-19-33/h1-8,10-18,20-29H,9,19H2. The van der Waals surface area contributed by atoms with Gasteiger partial charge in [-0.15, -0.1) is 0 Å². The van der Waals surface area contributed by atoms with Gasteiger partial charge in [0.15, 0.2) is 11.6 Å². The van der Waals surface area contributed by atoms with Crippen LogP contribution in [0.25, 0.3) is 83.3 Å². The van der Waals surface area contributed by atoms with Crippen molar-refractivity contribution in [3.8, 4) is 34.2 Å². The minimum Gasteiger partial charge on any atom is -0.309 e. The number of hydrogen-bond donors (Lipinski definition) is 0. The lowest BCUT2D eigenvalue weighted by Crippen LogP contribution is -2.08. The molecule has 6 aromatic carbocycles. The van der Waals surface area contributed by atoms with Crippen LogP contribution in [0.15, 0.2) is 164 Å². The number of benzene rings is 6. The Labute approximate surface area is 289 Å². The third-order valence-electron chi connectivity index (χ3n) is 9.86. The van der Waals surface area contributed by atoms with Crippen molar-refractivity contribution in [2.24, 2.45) is 0 Å². The molecule has 0 fully saturated rings. The maximum Gasteiger partial charge on any atom is 0.238 e. The zero-order valence-electron chi connectivity index (χ0n) is 27.2. The van der Waals surface area contributed by atoms with Crippen LogP contribution >= 0.6 is 0 Å². The van der Waals surface area contributed by atoms with Gasteiger partial charge in [-0.1, -0.05) is 127 Å². The fourth-order valence-electron chi connectivity index (χ4n) is 7.47. The molecular formula is C45H31N5. The molecule has 9 aromatic rings. The molecular weight excluding hydrogens is 611 g/mol. The lowest BCUT2D eigenvalue weighted by Gasteiger charge is -2.13. The van der Waals surface area contributed by atoms with Crippen molar-refractivity contribution in [2.75, 3.05) is 0 Å². The van der Waals surface area contributed by atoms with Gasteiger partial charge in [-0.2, -0.15) is 9.97 Å². The molecule has 236 valence electrons. The summed E-state index contributed by atoms with van der Waals surface area (Å²) in [5, 5.41) is 4.76. The van der Waals surface area contributed by atoms with Crippen molar-refractivity contribution in [3.63, 3.8) is 0 Å². The molecule has 0 unspecified atom stereocenters. The fourth-order valence-corrected chi connectivity index (χ4v) is 7.47. The lowest BCUT2D eigenvalue weighted by molar-refractivity contribution is 0.913. The predicted octanol–water partition coefficient (Wildman–Crippen LogP) is 11.1. The van der Waals surface area contributed by atoms with Gasteiger partial charge in [0.2, 0.25) is 5.95 Å². The number of aromatic nitrogens is 5. The first kappa shape index (κ1) is 28.4. The molecule has 1 aliphatic rings. The minimum absolute atomic E-state index is 0.615. The van der Waals surface area contributed by atoms with Crippen molar-refractivity contribution in [1.82, 2.24) is 24.1 Å². The largest absolute Gasteiger partial charge is 0.309 e. The third kappa shape index (κ3) is 4.59. The number of rotatable bonds is 5. The number of fused-ring (bicyclic) bond motifs is 6. The molecule has 0 spiro atoms. The SMILES string of the molecule is C1=CCCC(c2nc(-c3ccccc3)nc(-n3c4ccccc4c4cc5c6ccccc6n(-c6ccc(-c7ccccc7)cc6)c5cc43)n2)=C1. The predicted molar refractivity (Wildman–Crippen MR) is 206 cm³/mol. The summed E-state index contributed by atoms with van der Waals surface area (Å²) in [4.78, 5) is 15.4. The van der Waals surface area contributed by atoms with E-state index in [0.29, 0.717) is 11.8 Å². The smallest absolute Gasteiger partial charge is 0.238 e. The van der Waals surface area contributed by atoms with Crippen LogP contribution in [0.4, 0.5) is 0 Å². The van der Waals surface area contributed by atoms with Crippen molar-refractivity contribution < 1.29 is 0 Å². The molecule has 0 saturated heterocycles. The van der Waals surface area contributed by atoms with Crippen LogP contribution in [0.5, 0.6) is 0 Å². The maximum atomic E-state index is 5.20. The molecule has 0 radical (unpaired) electrons. The van der Waals surface area contributed by atoms with Gasteiger partial charge in [-0.05, 0) is 65.9 Å². The molecule has 3 heterocycles. The van der Waals surface area contributed by atoms with Gasteiger partial charge in [0, 0.05) is 32.8 Å². The molecule has 5 heteroatoms. The summed E-state index contributed by atoms with van der Waals surface area (Å²) in [5.41, 5.74) is 10.0. The summed E-state index contributed by atoms with van der Waals surface area (Å²) < 4.78 is 4.61. The number of hydrogen-bond acceptors (Lipinski definition) is 3. The van der Waals surface area contributed by atoms with Gasteiger partial charge in [-0.3, -0.25) is 4.57 Å². The van der Waals surface area contributed by atoms with Crippen molar-refractivity contribution in [2.45, 2.75) is 12.8 Å². The molecule has 50 heavy (non-hydrogen) atoms. The topological polar surface area (TPSA) is 48.5 Å². The highest BCUT2D eigenvalue weighted by atomic mass is 15.2. The van der Waals surface area contributed by atoms with E-state index in [-0.39, 0.29) is 0 Å². The first-order chi connectivity index (χ1) is 24.8. The van der Waals surface area contributed by atoms with Gasteiger partial charge >= 0.3 is 0 Å². The monoisotopic (exact) mass is 641 g/mol. The first-order valence-electron chi connectivity index (χ1n) is 17.1. The van der Waals surface area contributed by atoms with E-state index >= 15 is 0 Å². The molecule has 3 aromatic heterocycles. The Morgan fingerprint density at radius 3 is 1.70 bits per heavy atom. The summed E-state index contributed by atoms with van der Waals surface area (Å²) in [7, 11) is 0. The highest BCUT2D eigenvalue weighted by Crippen LogP contribution is 2.40. The van der Waals surface area contributed by atoms with Crippen LogP contribution in [-0.2, 0) is 0 Å². The first-order valence-corrected chi connectivity index (χ1v) is 17.1. The quantitative estimate of drug-likeness (QED) is 0.188. The zero-order valence-corrected chi connectivity index (χ0v) is 27.2. The van der Waals surface area contributed by atoms with Gasteiger partial charge < -0.3 is 4.57 Å². The molecule has 0 aliphatic heterocycles. The summed E-state index contributed by atoms with van der Waals surface area (Å²) in [5.74, 6) is 2.00. The van der Waals surface area contributed by atoms with E-state index in [1.807, 2.05) is 18.2 Å². The van der Waals surface area contributed by atoms with Crippen LogP contribution in [-0.4, -0.2) is 24.1 Å². The van der Waals surface area contributed by atoms with Crippen molar-refractivity contribution in [1.29, 1.82) is 0 Å². The summed E-state index contributed by atoms with van der Waals surface area (Å²) in [6.07, 6.45) is 8.29. The fraction of sp³-hybridized carbons (Fsp3) is 0.0444. The van der Waals surface area contributed by atoms with E-state index < -0.39 is 0 Å². The minimum atomic E-state index is 0.615. The normalized spacial score (nSPS) is 13.1. The summed E-state index contributed by atoms with van der Waals surface area (Å²) in [6, 6.07) is 51.6. The van der Waals surface area contributed by atoms with Gasteiger partial charge in [0.05, 0.1) is 22.1 Å². The molecule has 0 bridgehead atoms. The third-order valence-corrected chi connectivity index (χ3v) is 9.86. The molecule has 1 aliphatic carbocycles. The Kier molecular flexibility index (Phi) is 6.56. The summed E-state index contributed by atoms with van der Waals surface area (Å²) in [6.45, 7) is 0. The highest BCUT2D eigenvalue weighted by Gasteiger charge is 2.21. The molecule has 0 N–H and O–H groups in total. The van der Waals surface area contributed by atoms with Crippen molar-refractivity contribution in [3.05, 3.63) is 170 Å². The second kappa shape index (κ2) is 11.5. The Balaban J connectivity index is 1.26. The second-order valence-corrected chi connectivity index (χ2v) is 12.8. The van der Waals surface area contributed by atoms with E-state index in [1.165, 1.54) is 32.8 Å². The van der Waals surface area contributed by atoms with E-state index in [0.717, 1.165) is 57.4 Å². The van der Waals surface area contributed by atoms with Gasteiger partial charge in [-0.25, -0.2) is 4.98 Å². The number of para-hydroxylation sites is 2. The zero-order chi connectivity index (χ0) is 33.0. The molecule has 0 amide bonds. The number of nitrogens with zero attached hydrogens (tertiary/aromatic N) is 5. The molecule has 0 atom stereocenters. The highest BCUT2D eigenvalue weighted by molar-refractivity contribution is 6.19. The Bertz CT molecular complexity index is 2790. The average molecular weight is 642 g/mol.